The lowest BCUT2D eigenvalue weighted by molar-refractivity contribution is -0.123. The third-order valence-electron chi connectivity index (χ3n) is 14.0. The average molecular weight is 939 g/mol. The van der Waals surface area contributed by atoms with E-state index in [0.717, 1.165) is 38.5 Å². The molecule has 0 bridgehead atoms. The summed E-state index contributed by atoms with van der Waals surface area (Å²) in [7, 11) is 0. The van der Waals surface area contributed by atoms with Gasteiger partial charge in [0.2, 0.25) is 5.91 Å². The van der Waals surface area contributed by atoms with Gasteiger partial charge in [-0.25, -0.2) is 0 Å². The van der Waals surface area contributed by atoms with Crippen molar-refractivity contribution < 1.29 is 15.0 Å². The first-order valence-corrected chi connectivity index (χ1v) is 30.4. The van der Waals surface area contributed by atoms with Gasteiger partial charge in [0.15, 0.2) is 0 Å². The number of aliphatic hydroxyl groups excluding tert-OH is 2. The van der Waals surface area contributed by atoms with Gasteiger partial charge < -0.3 is 15.5 Å². The van der Waals surface area contributed by atoms with Crippen LogP contribution in [0.4, 0.5) is 0 Å². The molecule has 0 fully saturated rings. The van der Waals surface area contributed by atoms with Crippen LogP contribution in [-0.2, 0) is 4.79 Å². The molecule has 0 aliphatic carbocycles. The molecule has 2 atom stereocenters. The second-order valence-corrected chi connectivity index (χ2v) is 20.8. The fraction of sp³-hybridized carbons (Fsp3) is 0.857. The van der Waals surface area contributed by atoms with E-state index in [-0.39, 0.29) is 12.5 Å². The summed E-state index contributed by atoms with van der Waals surface area (Å²) >= 11 is 0. The van der Waals surface area contributed by atoms with Gasteiger partial charge in [-0.05, 0) is 64.2 Å². The maximum absolute atomic E-state index is 12.5. The molecular weight excluding hydrogens is 819 g/mol. The van der Waals surface area contributed by atoms with Crippen LogP contribution in [0.15, 0.2) is 48.6 Å². The first kappa shape index (κ1) is 65.3. The van der Waals surface area contributed by atoms with Crippen LogP contribution in [0.2, 0.25) is 0 Å². The normalized spacial score (nSPS) is 13.1. The molecule has 2 unspecified atom stereocenters. The van der Waals surface area contributed by atoms with Gasteiger partial charge in [0.1, 0.15) is 0 Å². The zero-order chi connectivity index (χ0) is 48.5. The van der Waals surface area contributed by atoms with E-state index in [1.54, 1.807) is 6.08 Å². The van der Waals surface area contributed by atoms with E-state index in [2.05, 4.69) is 55.6 Å². The number of aliphatic hydroxyl groups is 2. The molecule has 394 valence electrons. The van der Waals surface area contributed by atoms with Gasteiger partial charge >= 0.3 is 0 Å². The van der Waals surface area contributed by atoms with Crippen LogP contribution in [0, 0.1) is 0 Å². The molecule has 0 heterocycles. The Balaban J connectivity index is 3.49. The van der Waals surface area contributed by atoms with Gasteiger partial charge in [0.05, 0.1) is 18.8 Å². The zero-order valence-corrected chi connectivity index (χ0v) is 45.4. The summed E-state index contributed by atoms with van der Waals surface area (Å²) in [5, 5.41) is 23.2. The molecule has 0 aromatic rings. The van der Waals surface area contributed by atoms with Crippen molar-refractivity contribution in [3.05, 3.63) is 48.6 Å². The first-order chi connectivity index (χ1) is 33.2. The molecule has 0 rings (SSSR count). The highest BCUT2D eigenvalue weighted by molar-refractivity contribution is 5.76. The van der Waals surface area contributed by atoms with E-state index in [1.807, 2.05) is 6.08 Å². The smallest absolute Gasteiger partial charge is 0.220 e. The highest BCUT2D eigenvalue weighted by Crippen LogP contribution is 2.17. The number of carbonyl (C=O) groups excluding carboxylic acids is 1. The third kappa shape index (κ3) is 55.2. The number of allylic oxidation sites excluding steroid dienone is 7. The van der Waals surface area contributed by atoms with Gasteiger partial charge in [0, 0.05) is 6.42 Å². The number of hydrogen-bond donors (Lipinski definition) is 3. The topological polar surface area (TPSA) is 69.6 Å². The Morgan fingerprint density at radius 3 is 0.955 bits per heavy atom. The molecule has 0 saturated heterocycles. The molecule has 0 aromatic carbocycles. The Labute approximate surface area is 420 Å². The van der Waals surface area contributed by atoms with Crippen molar-refractivity contribution in [1.82, 2.24) is 5.32 Å². The predicted octanol–water partition coefficient (Wildman–Crippen LogP) is 20.2. The molecule has 0 aliphatic heterocycles. The van der Waals surface area contributed by atoms with Crippen molar-refractivity contribution in [1.29, 1.82) is 0 Å². The van der Waals surface area contributed by atoms with Gasteiger partial charge in [-0.2, -0.15) is 0 Å². The Bertz CT molecular complexity index is 1060. The quantitative estimate of drug-likeness (QED) is 0.0420. The molecular formula is C63H119NO3. The van der Waals surface area contributed by atoms with Crippen LogP contribution in [-0.4, -0.2) is 34.9 Å². The minimum absolute atomic E-state index is 0.0691. The Kier molecular flexibility index (Phi) is 57.2. The standard InChI is InChI=1S/C63H119NO3/c1-3-5-7-9-11-13-15-17-19-21-23-25-27-29-31-32-33-35-37-39-41-43-45-47-49-51-53-55-57-59-63(67)64-61(60-65)62(66)58-56-54-52-50-48-46-44-42-40-38-36-34-30-28-26-24-22-20-18-16-14-12-10-8-6-4-2/h15,17,21,23,48,50,56,58,61-62,65-66H,3-14,16,18-20,22,24-47,49,51-55,57,59-60H2,1-2H3,(H,64,67)/b17-15-,23-21-,50-48+,58-56+. The average Bonchev–Trinajstić information content (AvgIpc) is 3.33. The summed E-state index contributed by atoms with van der Waals surface area (Å²) in [6.07, 6.45) is 81.5. The molecule has 67 heavy (non-hydrogen) atoms. The first-order valence-electron chi connectivity index (χ1n) is 30.4. The summed E-state index contributed by atoms with van der Waals surface area (Å²) in [5.41, 5.74) is 0. The number of hydrogen-bond acceptors (Lipinski definition) is 3. The van der Waals surface area contributed by atoms with Gasteiger partial charge in [-0.15, -0.1) is 0 Å². The fourth-order valence-corrected chi connectivity index (χ4v) is 9.41. The van der Waals surface area contributed by atoms with Crippen molar-refractivity contribution in [2.45, 2.75) is 341 Å². The molecule has 0 spiro atoms. The minimum atomic E-state index is -0.863. The summed E-state index contributed by atoms with van der Waals surface area (Å²) < 4.78 is 0. The maximum atomic E-state index is 12.5. The van der Waals surface area contributed by atoms with Crippen LogP contribution in [0.3, 0.4) is 0 Å². The monoisotopic (exact) mass is 938 g/mol. The molecule has 1 amide bonds. The molecule has 0 radical (unpaired) electrons. The Morgan fingerprint density at radius 1 is 0.358 bits per heavy atom. The summed E-state index contributed by atoms with van der Waals surface area (Å²) in [5.74, 6) is -0.0691. The molecule has 0 aromatic heterocycles. The van der Waals surface area contributed by atoms with Crippen molar-refractivity contribution in [2.75, 3.05) is 6.61 Å². The van der Waals surface area contributed by atoms with Crippen LogP contribution < -0.4 is 5.32 Å². The number of unbranched alkanes of at least 4 members (excludes halogenated alkanes) is 43. The lowest BCUT2D eigenvalue weighted by atomic mass is 10.0. The van der Waals surface area contributed by atoms with Crippen LogP contribution in [0.1, 0.15) is 328 Å². The molecule has 3 N–H and O–H groups in total. The fourth-order valence-electron chi connectivity index (χ4n) is 9.41. The minimum Gasteiger partial charge on any atom is -0.394 e. The van der Waals surface area contributed by atoms with Gasteiger partial charge in [-0.3, -0.25) is 4.79 Å². The maximum Gasteiger partial charge on any atom is 0.220 e. The van der Waals surface area contributed by atoms with Crippen LogP contribution >= 0.6 is 0 Å². The Morgan fingerprint density at radius 2 is 0.627 bits per heavy atom. The zero-order valence-electron chi connectivity index (χ0n) is 45.4. The van der Waals surface area contributed by atoms with E-state index in [9.17, 15) is 15.0 Å². The van der Waals surface area contributed by atoms with E-state index in [4.69, 9.17) is 0 Å². The lowest BCUT2D eigenvalue weighted by Crippen LogP contribution is -2.45. The number of carbonyl (C=O) groups is 1. The van der Waals surface area contributed by atoms with Crippen molar-refractivity contribution in [2.24, 2.45) is 0 Å². The van der Waals surface area contributed by atoms with E-state index in [1.165, 1.54) is 270 Å². The van der Waals surface area contributed by atoms with E-state index in [0.29, 0.717) is 6.42 Å². The molecule has 4 heteroatoms. The van der Waals surface area contributed by atoms with Crippen molar-refractivity contribution in [3.8, 4) is 0 Å². The SMILES string of the molecule is CCCCCCC/C=C\C/C=C\CCCCCCCCCCCCCCCCCCCC(=O)NC(CO)C(O)/C=C/CC/C=C/CCCCCCCCCCCCCCCCCCCCCC. The number of nitrogens with one attached hydrogen (secondary N) is 1. The summed E-state index contributed by atoms with van der Waals surface area (Å²) in [6, 6.07) is -0.640. The largest absolute Gasteiger partial charge is 0.394 e. The number of amides is 1. The molecule has 0 aliphatic rings. The van der Waals surface area contributed by atoms with Crippen molar-refractivity contribution >= 4 is 5.91 Å². The highest BCUT2D eigenvalue weighted by Gasteiger charge is 2.18. The summed E-state index contributed by atoms with van der Waals surface area (Å²) in [6.45, 7) is 4.32. The lowest BCUT2D eigenvalue weighted by Gasteiger charge is -2.19. The molecule has 4 nitrogen and oxygen atoms in total. The van der Waals surface area contributed by atoms with E-state index < -0.39 is 12.1 Å². The highest BCUT2D eigenvalue weighted by atomic mass is 16.3. The van der Waals surface area contributed by atoms with Crippen LogP contribution in [0.5, 0.6) is 0 Å². The van der Waals surface area contributed by atoms with Gasteiger partial charge in [0.25, 0.3) is 0 Å². The predicted molar refractivity (Wildman–Crippen MR) is 299 cm³/mol. The second-order valence-electron chi connectivity index (χ2n) is 20.8. The van der Waals surface area contributed by atoms with Gasteiger partial charge in [-0.1, -0.05) is 306 Å². The third-order valence-corrected chi connectivity index (χ3v) is 14.0. The van der Waals surface area contributed by atoms with E-state index >= 15 is 0 Å². The summed E-state index contributed by atoms with van der Waals surface area (Å²) in [4.78, 5) is 12.5. The molecule has 0 saturated carbocycles. The second kappa shape index (κ2) is 58.7. The number of rotatable bonds is 56. The Hall–Kier alpha value is -1.65. The van der Waals surface area contributed by atoms with Crippen LogP contribution in [0.25, 0.3) is 0 Å². The van der Waals surface area contributed by atoms with Crippen molar-refractivity contribution in [3.63, 3.8) is 0 Å².